The molecular formula is C43H63CsF2N9O6S-. The van der Waals surface area contributed by atoms with Crippen LogP contribution >= 0.6 is 12.6 Å². The van der Waals surface area contributed by atoms with Gasteiger partial charge in [-0.1, -0.05) is 31.2 Å². The number of amides is 6. The maximum absolute atomic E-state index is 13.7. The van der Waals surface area contributed by atoms with Crippen LogP contribution in [0.4, 0.5) is 8.78 Å². The van der Waals surface area contributed by atoms with Gasteiger partial charge in [0.05, 0.1) is 24.2 Å². The third-order valence-corrected chi connectivity index (χ3v) is 9.42. The molecule has 1 aromatic heterocycles. The molecule has 62 heavy (non-hydrogen) atoms. The molecule has 4 rings (SSSR count). The van der Waals surface area contributed by atoms with Crippen LogP contribution in [-0.2, 0) is 41.7 Å². The fraction of sp³-hybridized carbons (Fsp3) is 0.419. The van der Waals surface area contributed by atoms with Gasteiger partial charge in [0.25, 0.3) is 0 Å². The second-order valence-electron chi connectivity index (χ2n) is 14.3. The van der Waals surface area contributed by atoms with Crippen LogP contribution in [0.1, 0.15) is 62.3 Å². The van der Waals surface area contributed by atoms with Gasteiger partial charge in [0.15, 0.2) is 0 Å². The Hall–Kier alpha value is -3.54. The first-order chi connectivity index (χ1) is 28.3. The second-order valence-corrected chi connectivity index (χ2v) is 14.9. The predicted octanol–water partition coefficient (Wildman–Crippen LogP) is 0.104. The number of piperidine rings is 1. The van der Waals surface area contributed by atoms with E-state index in [1.165, 1.54) is 28.7 Å². The summed E-state index contributed by atoms with van der Waals surface area (Å²) in [6, 6.07) is 14.8. The number of nitrogens with zero attached hydrogens (tertiary/aromatic N) is 3. The Morgan fingerprint density at radius 2 is 1.58 bits per heavy atom. The second kappa shape index (κ2) is 32.2. The number of aryl methyl sites for hydroxylation is 2. The van der Waals surface area contributed by atoms with Gasteiger partial charge < -0.3 is 51.0 Å². The maximum atomic E-state index is 13.7. The van der Waals surface area contributed by atoms with Gasteiger partial charge in [0.1, 0.15) is 17.2 Å². The predicted molar refractivity (Wildman–Crippen MR) is 236 cm³/mol. The number of halogens is 2. The van der Waals surface area contributed by atoms with Crippen molar-refractivity contribution < 1.29 is 106 Å². The molecule has 1 aliphatic heterocycles. The van der Waals surface area contributed by atoms with Crippen LogP contribution in [0.2, 0.25) is 0 Å². The summed E-state index contributed by atoms with van der Waals surface area (Å²) < 4.78 is 26.5. The quantitative estimate of drug-likeness (QED) is 0.0361. The van der Waals surface area contributed by atoms with E-state index in [1.807, 2.05) is 25.1 Å². The van der Waals surface area contributed by atoms with Crippen molar-refractivity contribution in [2.24, 2.45) is 17.4 Å². The van der Waals surface area contributed by atoms with E-state index in [4.69, 9.17) is 10.5 Å². The molecule has 0 aliphatic carbocycles. The number of hydrogen-bond acceptors (Lipinski definition) is 10. The number of pyridine rings is 1. The molecule has 1 fully saturated rings. The fourth-order valence-corrected chi connectivity index (χ4v) is 6.33. The van der Waals surface area contributed by atoms with E-state index in [0.717, 1.165) is 11.1 Å². The normalized spacial score (nSPS) is 13.2. The number of aromatic nitrogens is 1. The van der Waals surface area contributed by atoms with Crippen molar-refractivity contribution >= 4 is 48.6 Å². The Morgan fingerprint density at radius 3 is 2.05 bits per heavy atom. The van der Waals surface area contributed by atoms with Gasteiger partial charge >= 0.3 is 68.9 Å². The summed E-state index contributed by atoms with van der Waals surface area (Å²) >= 11 is 4.18. The fourth-order valence-electron chi connectivity index (χ4n) is 6.11. The smallest absolute Gasteiger partial charge is 0.395 e. The molecule has 8 N–H and O–H groups in total. The molecule has 0 bridgehead atoms. The molecule has 338 valence electrons. The molecule has 0 spiro atoms. The third-order valence-electron chi connectivity index (χ3n) is 9.09. The first-order valence-electron chi connectivity index (χ1n) is 19.2. The van der Waals surface area contributed by atoms with Crippen molar-refractivity contribution in [2.45, 2.75) is 83.8 Å². The maximum Gasteiger partial charge on any atom is 1.00 e. The van der Waals surface area contributed by atoms with E-state index in [9.17, 15) is 32.8 Å². The van der Waals surface area contributed by atoms with Gasteiger partial charge in [0, 0.05) is 51.0 Å². The molecule has 15 nitrogen and oxygen atoms in total. The number of hydrogen-bond donors (Lipinski definition) is 7. The zero-order valence-electron chi connectivity index (χ0n) is 37.2. The van der Waals surface area contributed by atoms with E-state index in [1.54, 1.807) is 70.2 Å². The first-order valence-corrected chi connectivity index (χ1v) is 19.7. The van der Waals surface area contributed by atoms with E-state index in [2.05, 4.69) is 51.8 Å². The van der Waals surface area contributed by atoms with Crippen LogP contribution in [0, 0.1) is 45.8 Å². The largest absolute Gasteiger partial charge is 1.00 e. The van der Waals surface area contributed by atoms with E-state index < -0.39 is 22.7 Å². The van der Waals surface area contributed by atoms with Gasteiger partial charge in [-0.3, -0.25) is 34.4 Å². The molecule has 1 unspecified atom stereocenters. The standard InChI is InChI=1S/C23H34FN5O4S.C11H15FN2O.C6H7N.C2H4NO.CH3.Cs/c1-15(2)29(20(31)11-19(34)27-14-30)23(22(25)33)6-8-28(9-7-23)21(32)13-26-12-17-5-4-16(3)18(24)10-17;1-8(11(15)14-13-2)6-9-4-3-5-10(12)7-9;1-6-2-4-7-5-3-6;1-2(3)4;;/h4-5,10,14-15,19,26,34H,6-9,11-13H2,1-3H3,(H2,25,33)(H,27,30);3-5,7-8,13H,6H2,1-2H3,(H,14,15);2-5H,1H3;1H2,(H2,3,4);1H3;/q;;;2*-1;+1/t;8-;;;;/m.0..../s1. The molecule has 2 atom stereocenters. The van der Waals surface area contributed by atoms with E-state index in [-0.39, 0.29) is 157 Å². The molecule has 1 aliphatic rings. The summed E-state index contributed by atoms with van der Waals surface area (Å²) in [5, 5.41) is 4.75. The molecule has 2 aromatic carbocycles. The zero-order chi connectivity index (χ0) is 45.4. The number of nitrogens with two attached hydrogens (primary N) is 2. The molecule has 0 radical (unpaired) electrons. The van der Waals surface area contributed by atoms with Gasteiger partial charge in [-0.2, -0.15) is 12.6 Å². The SMILES string of the molecule is CNNC(=O)[C@@H](C)Cc1cccc(F)c1.Cc1ccc(CNCC(=O)N2CCC(C(N)=O)(N(C(=O)CC(S)NC=O)C(C)C)CC2)cc1F.Cc1ccncc1.[CH2-]C(N)=O.[CH3-].[Cs+]. The zero-order valence-corrected chi connectivity index (χ0v) is 44.3. The number of hydrazine groups is 1. The number of primary amides is 2. The van der Waals surface area contributed by atoms with Crippen molar-refractivity contribution in [2.75, 3.05) is 26.7 Å². The average molecular weight is 1010 g/mol. The summed E-state index contributed by atoms with van der Waals surface area (Å²) in [4.78, 5) is 76.3. The first kappa shape index (κ1) is 60.6. The Kier molecular flexibility index (Phi) is 31.4. The topological polar surface area (TPSA) is 222 Å². The van der Waals surface area contributed by atoms with E-state index in [0.29, 0.717) is 24.9 Å². The van der Waals surface area contributed by atoms with Crippen molar-refractivity contribution in [1.82, 2.24) is 36.3 Å². The Labute approximate surface area is 429 Å². The number of rotatable bonds is 15. The number of thiol groups is 1. The van der Waals surface area contributed by atoms with Crippen LogP contribution in [-0.4, -0.2) is 94.4 Å². The van der Waals surface area contributed by atoms with Gasteiger partial charge in [0.2, 0.25) is 30.0 Å². The van der Waals surface area contributed by atoms with Crippen molar-refractivity contribution in [3.8, 4) is 0 Å². The van der Waals surface area contributed by atoms with Crippen LogP contribution in [0.3, 0.4) is 0 Å². The number of benzene rings is 2. The van der Waals surface area contributed by atoms with Gasteiger partial charge in [-0.15, -0.1) is 0 Å². The summed E-state index contributed by atoms with van der Waals surface area (Å²) in [6.45, 7) is 12.8. The van der Waals surface area contributed by atoms with Crippen LogP contribution < -0.4 is 102 Å². The summed E-state index contributed by atoms with van der Waals surface area (Å²) in [7, 11) is 1.63. The minimum atomic E-state index is -1.23. The molecule has 3 aromatic rings. The molecule has 6 amide bonds. The summed E-state index contributed by atoms with van der Waals surface area (Å²) in [6.07, 6.45) is 4.89. The molecule has 2 heterocycles. The average Bonchev–Trinajstić information content (AvgIpc) is 3.17. The Morgan fingerprint density at radius 1 is 0.984 bits per heavy atom. The van der Waals surface area contributed by atoms with Crippen molar-refractivity contribution in [1.29, 1.82) is 0 Å². The van der Waals surface area contributed by atoms with Crippen LogP contribution in [0.15, 0.2) is 67.0 Å². The molecule has 1 saturated heterocycles. The van der Waals surface area contributed by atoms with Crippen LogP contribution in [0.25, 0.3) is 0 Å². The minimum absolute atomic E-state index is 0. The summed E-state index contributed by atoms with van der Waals surface area (Å²) in [5.41, 5.74) is 17.4. The Balaban J connectivity index is 0. The van der Waals surface area contributed by atoms with Crippen molar-refractivity contribution in [3.63, 3.8) is 0 Å². The van der Waals surface area contributed by atoms with E-state index >= 15 is 0 Å². The molecular weight excluding hydrogens is 941 g/mol. The Bertz CT molecular complexity index is 1840. The number of likely N-dealkylation sites (tertiary alicyclic amines) is 1. The number of carbonyl (C=O) groups excluding carboxylic acids is 6. The molecule has 19 heteroatoms. The minimum Gasteiger partial charge on any atom is -0.395 e. The monoisotopic (exact) mass is 1000 g/mol. The van der Waals surface area contributed by atoms with Gasteiger partial charge in [-0.25, -0.2) is 14.2 Å². The molecule has 0 saturated carbocycles. The van der Waals surface area contributed by atoms with Crippen LogP contribution in [0.5, 0.6) is 0 Å². The third kappa shape index (κ3) is 22.7. The number of carbonyl (C=O) groups is 6. The van der Waals surface area contributed by atoms with Gasteiger partial charge in [-0.05, 0) is 99.5 Å². The number of nitrogens with one attached hydrogen (secondary N) is 4. The van der Waals surface area contributed by atoms with Crippen molar-refractivity contribution in [3.05, 3.63) is 115 Å². The summed E-state index contributed by atoms with van der Waals surface area (Å²) in [5.74, 6) is -2.55.